The Labute approximate surface area is 159 Å². The van der Waals surface area contributed by atoms with Crippen molar-refractivity contribution in [2.75, 3.05) is 13.1 Å². The molecule has 1 N–H and O–H groups in total. The largest absolute Gasteiger partial charge is 0.480 e. The molecule has 0 fully saturated rings. The second kappa shape index (κ2) is 10.3. The molecule has 0 saturated heterocycles. The van der Waals surface area contributed by atoms with Crippen molar-refractivity contribution < 1.29 is 14.6 Å². The van der Waals surface area contributed by atoms with Crippen LogP contribution in [0, 0.1) is 6.92 Å². The van der Waals surface area contributed by atoms with E-state index in [9.17, 15) is 4.79 Å². The lowest BCUT2D eigenvalue weighted by atomic mass is 10.2. The number of hydrogen-bond donors (Lipinski definition) is 1. The first-order valence-corrected chi connectivity index (χ1v) is 8.33. The topological polar surface area (TPSA) is 49.8 Å². The van der Waals surface area contributed by atoms with Crippen LogP contribution in [0.25, 0.3) is 0 Å². The van der Waals surface area contributed by atoms with Crippen LogP contribution in [-0.2, 0) is 11.3 Å². The van der Waals surface area contributed by atoms with E-state index in [1.54, 1.807) is 6.07 Å². The Hall–Kier alpha value is -1.75. The quantitative estimate of drug-likeness (QED) is 0.683. The number of halogens is 2. The Morgan fingerprint density at radius 2 is 1.88 bits per heavy atom. The van der Waals surface area contributed by atoms with Gasteiger partial charge in [-0.3, -0.25) is 9.69 Å². The highest BCUT2D eigenvalue weighted by Gasteiger charge is 2.10. The van der Waals surface area contributed by atoms with E-state index in [2.05, 4.69) is 0 Å². The average Bonchev–Trinajstić information content (AvgIpc) is 2.51. The molecule has 0 aliphatic heterocycles. The van der Waals surface area contributed by atoms with Gasteiger partial charge in [-0.05, 0) is 61.3 Å². The van der Waals surface area contributed by atoms with Crippen molar-refractivity contribution in [1.82, 2.24) is 4.90 Å². The molecule has 0 bridgehead atoms. The van der Waals surface area contributed by atoms with E-state index in [1.165, 1.54) is 0 Å². The summed E-state index contributed by atoms with van der Waals surface area (Å²) in [5, 5.41) is 9.66. The summed E-state index contributed by atoms with van der Waals surface area (Å²) in [4.78, 5) is 12.8. The predicted octanol–water partition coefficient (Wildman–Crippen LogP) is 5.16. The summed E-state index contributed by atoms with van der Waals surface area (Å²) in [6, 6.07) is 13.2. The number of ether oxygens (including phenoxy) is 1. The Kier molecular flexibility index (Phi) is 8.76. The lowest BCUT2D eigenvalue weighted by Gasteiger charge is -2.19. The van der Waals surface area contributed by atoms with Crippen molar-refractivity contribution in [3.8, 4) is 11.5 Å². The van der Waals surface area contributed by atoms with E-state index in [4.69, 9.17) is 21.4 Å². The van der Waals surface area contributed by atoms with Crippen molar-refractivity contribution in [3.63, 3.8) is 0 Å². The number of carboxylic acids is 1. The van der Waals surface area contributed by atoms with Crippen LogP contribution in [0.3, 0.4) is 0 Å². The van der Waals surface area contributed by atoms with Gasteiger partial charge in [0.05, 0.1) is 6.54 Å². The van der Waals surface area contributed by atoms with E-state index >= 15 is 0 Å². The third-order valence-electron chi connectivity index (χ3n) is 3.59. The maximum absolute atomic E-state index is 10.9. The minimum Gasteiger partial charge on any atom is -0.480 e. The van der Waals surface area contributed by atoms with Gasteiger partial charge < -0.3 is 9.84 Å². The van der Waals surface area contributed by atoms with Crippen LogP contribution in [-0.4, -0.2) is 29.1 Å². The number of aliphatic carboxylic acids is 1. The number of benzene rings is 2. The molecular weight excluding hydrogens is 361 g/mol. The number of hydrogen-bond acceptors (Lipinski definition) is 3. The minimum absolute atomic E-state index is 0. The van der Waals surface area contributed by atoms with Crippen LogP contribution in [0.1, 0.15) is 24.5 Å². The number of nitrogens with zero attached hydrogens (tertiary/aromatic N) is 1. The zero-order valence-electron chi connectivity index (χ0n) is 14.4. The van der Waals surface area contributed by atoms with Gasteiger partial charge in [0.25, 0.3) is 0 Å². The first kappa shape index (κ1) is 21.3. The summed E-state index contributed by atoms with van der Waals surface area (Å²) in [5.41, 5.74) is 2.03. The molecule has 0 aliphatic carbocycles. The molecule has 2 rings (SSSR count). The van der Waals surface area contributed by atoms with Crippen molar-refractivity contribution in [3.05, 3.63) is 58.6 Å². The van der Waals surface area contributed by atoms with Crippen LogP contribution in [0.2, 0.25) is 5.02 Å². The molecule has 136 valence electrons. The van der Waals surface area contributed by atoms with E-state index in [-0.39, 0.29) is 19.0 Å². The third kappa shape index (κ3) is 6.94. The second-order valence-corrected chi connectivity index (χ2v) is 6.20. The maximum Gasteiger partial charge on any atom is 0.317 e. The molecule has 6 heteroatoms. The van der Waals surface area contributed by atoms with Gasteiger partial charge in [0, 0.05) is 11.6 Å². The van der Waals surface area contributed by atoms with Crippen molar-refractivity contribution in [2.45, 2.75) is 26.8 Å². The van der Waals surface area contributed by atoms with Crippen LogP contribution in [0.5, 0.6) is 11.5 Å². The summed E-state index contributed by atoms with van der Waals surface area (Å²) < 4.78 is 5.87. The fourth-order valence-electron chi connectivity index (χ4n) is 2.50. The third-order valence-corrected chi connectivity index (χ3v) is 3.83. The molecule has 4 nitrogen and oxygen atoms in total. The fraction of sp³-hybridized carbons (Fsp3) is 0.316. The summed E-state index contributed by atoms with van der Waals surface area (Å²) in [5.74, 6) is 0.705. The molecule has 0 saturated carbocycles. The summed E-state index contributed by atoms with van der Waals surface area (Å²) >= 11 is 5.95. The summed E-state index contributed by atoms with van der Waals surface area (Å²) in [6.07, 6.45) is 0.921. The highest BCUT2D eigenvalue weighted by atomic mass is 35.5. The zero-order chi connectivity index (χ0) is 17.5. The molecule has 25 heavy (non-hydrogen) atoms. The molecule has 0 unspecified atom stereocenters. The lowest BCUT2D eigenvalue weighted by Crippen LogP contribution is -2.30. The minimum atomic E-state index is -0.804. The van der Waals surface area contributed by atoms with Crippen molar-refractivity contribution >= 4 is 30.0 Å². The Morgan fingerprint density at radius 1 is 1.20 bits per heavy atom. The van der Waals surface area contributed by atoms with Gasteiger partial charge in [0.15, 0.2) is 0 Å². The number of carbonyl (C=O) groups is 1. The molecule has 0 radical (unpaired) electrons. The normalized spacial score (nSPS) is 10.4. The van der Waals surface area contributed by atoms with Crippen LogP contribution in [0.15, 0.2) is 42.5 Å². The molecule has 0 atom stereocenters. The van der Waals surface area contributed by atoms with Gasteiger partial charge in [0.2, 0.25) is 0 Å². The number of rotatable bonds is 8. The number of aryl methyl sites for hydroxylation is 1. The van der Waals surface area contributed by atoms with E-state index in [0.29, 0.717) is 11.6 Å². The fourth-order valence-corrected chi connectivity index (χ4v) is 2.72. The van der Waals surface area contributed by atoms with Gasteiger partial charge in [-0.1, -0.05) is 30.7 Å². The van der Waals surface area contributed by atoms with E-state index < -0.39 is 5.97 Å². The van der Waals surface area contributed by atoms with Gasteiger partial charge >= 0.3 is 5.97 Å². The zero-order valence-corrected chi connectivity index (χ0v) is 15.9. The van der Waals surface area contributed by atoms with Crippen molar-refractivity contribution in [2.24, 2.45) is 0 Å². The standard InChI is InChI=1S/C19H22ClNO3.ClH/c1-3-10-21(13-19(22)23)12-15-4-7-17(8-5-15)24-18-9-6-16(20)11-14(18)2;/h4-9,11H,3,10,12-13H2,1-2H3,(H,22,23);1H. The van der Waals surface area contributed by atoms with Gasteiger partial charge in [0.1, 0.15) is 11.5 Å². The van der Waals surface area contributed by atoms with Crippen molar-refractivity contribution in [1.29, 1.82) is 0 Å². The van der Waals surface area contributed by atoms with Gasteiger partial charge in [-0.25, -0.2) is 0 Å². The molecule has 0 amide bonds. The van der Waals surface area contributed by atoms with Crippen LogP contribution >= 0.6 is 24.0 Å². The monoisotopic (exact) mass is 383 g/mol. The Morgan fingerprint density at radius 3 is 2.44 bits per heavy atom. The molecule has 0 spiro atoms. The highest BCUT2D eigenvalue weighted by molar-refractivity contribution is 6.30. The molecule has 2 aromatic carbocycles. The van der Waals surface area contributed by atoms with E-state index in [1.807, 2.05) is 55.1 Å². The highest BCUT2D eigenvalue weighted by Crippen LogP contribution is 2.27. The van der Waals surface area contributed by atoms with E-state index in [0.717, 1.165) is 35.6 Å². The van der Waals surface area contributed by atoms with Crippen LogP contribution < -0.4 is 4.74 Å². The predicted molar refractivity (Wildman–Crippen MR) is 103 cm³/mol. The molecular formula is C19H23Cl2NO3. The maximum atomic E-state index is 10.9. The van der Waals surface area contributed by atoms with Crippen LogP contribution in [0.4, 0.5) is 0 Å². The SMILES string of the molecule is CCCN(CC(=O)O)Cc1ccc(Oc2ccc(Cl)cc2C)cc1.Cl. The smallest absolute Gasteiger partial charge is 0.317 e. The summed E-state index contributed by atoms with van der Waals surface area (Å²) in [7, 11) is 0. The average molecular weight is 384 g/mol. The van der Waals surface area contributed by atoms with Gasteiger partial charge in [-0.15, -0.1) is 12.4 Å². The Bertz CT molecular complexity index is 690. The summed E-state index contributed by atoms with van der Waals surface area (Å²) in [6.45, 7) is 5.41. The molecule has 2 aromatic rings. The second-order valence-electron chi connectivity index (χ2n) is 5.76. The lowest BCUT2D eigenvalue weighted by molar-refractivity contribution is -0.138. The van der Waals surface area contributed by atoms with Gasteiger partial charge in [-0.2, -0.15) is 0 Å². The molecule has 0 aliphatic rings. The Balaban J connectivity index is 0.00000312. The molecule has 0 heterocycles. The first-order valence-electron chi connectivity index (χ1n) is 7.95. The number of carboxylic acid groups (broad SMARTS) is 1. The first-order chi connectivity index (χ1) is 11.5. The molecule has 0 aromatic heterocycles.